The Morgan fingerprint density at radius 1 is 1.15 bits per heavy atom. The van der Waals surface area contributed by atoms with E-state index in [0.29, 0.717) is 22.6 Å². The molecule has 0 saturated heterocycles. The molecule has 6 heteroatoms. The van der Waals surface area contributed by atoms with Crippen molar-refractivity contribution >= 4 is 38.3 Å². The zero-order chi connectivity index (χ0) is 19.3. The number of hydrogen-bond acceptors (Lipinski definition) is 4. The lowest BCUT2D eigenvalue weighted by atomic mass is 10.0. The van der Waals surface area contributed by atoms with Gasteiger partial charge in [-0.05, 0) is 74.9 Å². The standard InChI is InChI=1S/C21H22BrFN4/c1-10-7-13(24)8-16(19(10)23)11(2)25-21-17-9-18(22)14-5-4-6-15(14)20(17)26-12(3)27-21/h7-9,11H,4-6,24H2,1-3H3,(H,25,26,27)/t11-/m1/s1. The van der Waals surface area contributed by atoms with Crippen molar-refractivity contribution in [3.63, 3.8) is 0 Å². The van der Waals surface area contributed by atoms with Gasteiger partial charge in [-0.2, -0.15) is 0 Å². The number of hydrogen-bond donors (Lipinski definition) is 2. The molecule has 0 fully saturated rings. The van der Waals surface area contributed by atoms with Crippen molar-refractivity contribution in [1.29, 1.82) is 0 Å². The van der Waals surface area contributed by atoms with E-state index in [4.69, 9.17) is 10.7 Å². The molecule has 0 saturated carbocycles. The van der Waals surface area contributed by atoms with E-state index in [1.54, 1.807) is 19.1 Å². The average Bonchev–Trinajstić information content (AvgIpc) is 3.10. The van der Waals surface area contributed by atoms with Crippen LogP contribution < -0.4 is 11.1 Å². The SMILES string of the molecule is Cc1nc(N[C@H](C)c2cc(N)cc(C)c2F)c2cc(Br)c3c(c2n1)CCC3. The zero-order valence-electron chi connectivity index (χ0n) is 15.7. The second kappa shape index (κ2) is 6.75. The number of benzene rings is 2. The Hall–Kier alpha value is -2.21. The summed E-state index contributed by atoms with van der Waals surface area (Å²) in [5.41, 5.74) is 11.2. The Labute approximate surface area is 166 Å². The third-order valence-corrected chi connectivity index (χ3v) is 5.95. The van der Waals surface area contributed by atoms with E-state index in [9.17, 15) is 4.39 Å². The van der Waals surface area contributed by atoms with E-state index < -0.39 is 0 Å². The molecule has 0 radical (unpaired) electrons. The van der Waals surface area contributed by atoms with Crippen LogP contribution in [0.3, 0.4) is 0 Å². The predicted octanol–water partition coefficient (Wildman–Crippen LogP) is 5.39. The van der Waals surface area contributed by atoms with Crippen molar-refractivity contribution in [1.82, 2.24) is 9.97 Å². The van der Waals surface area contributed by atoms with Crippen LogP contribution in [0.25, 0.3) is 10.9 Å². The summed E-state index contributed by atoms with van der Waals surface area (Å²) in [4.78, 5) is 9.32. The summed E-state index contributed by atoms with van der Waals surface area (Å²) in [6.07, 6.45) is 3.24. The highest BCUT2D eigenvalue weighted by atomic mass is 79.9. The highest BCUT2D eigenvalue weighted by Gasteiger charge is 2.22. The van der Waals surface area contributed by atoms with Gasteiger partial charge in [0.15, 0.2) is 0 Å². The zero-order valence-corrected chi connectivity index (χ0v) is 17.2. The van der Waals surface area contributed by atoms with E-state index in [2.05, 4.69) is 32.3 Å². The van der Waals surface area contributed by atoms with Gasteiger partial charge in [0.1, 0.15) is 17.5 Å². The van der Waals surface area contributed by atoms with Crippen LogP contribution in [0.5, 0.6) is 0 Å². The van der Waals surface area contributed by atoms with Gasteiger partial charge in [-0.25, -0.2) is 14.4 Å². The normalized spacial score (nSPS) is 14.4. The fourth-order valence-corrected chi connectivity index (χ4v) is 4.63. The maximum absolute atomic E-state index is 14.6. The first-order valence-corrected chi connectivity index (χ1v) is 9.95. The topological polar surface area (TPSA) is 63.8 Å². The predicted molar refractivity (Wildman–Crippen MR) is 112 cm³/mol. The molecule has 0 unspecified atom stereocenters. The lowest BCUT2D eigenvalue weighted by molar-refractivity contribution is 0.592. The molecule has 0 bridgehead atoms. The van der Waals surface area contributed by atoms with Crippen LogP contribution in [0, 0.1) is 19.7 Å². The van der Waals surface area contributed by atoms with Crippen LogP contribution in [0.4, 0.5) is 15.9 Å². The summed E-state index contributed by atoms with van der Waals surface area (Å²) in [5.74, 6) is 1.19. The fourth-order valence-electron chi connectivity index (χ4n) is 3.96. The van der Waals surface area contributed by atoms with Gasteiger partial charge < -0.3 is 11.1 Å². The fraction of sp³-hybridized carbons (Fsp3) is 0.333. The molecular formula is C21H22BrFN4. The maximum atomic E-state index is 14.6. The van der Waals surface area contributed by atoms with E-state index in [0.717, 1.165) is 40.5 Å². The number of rotatable bonds is 3. The minimum Gasteiger partial charge on any atom is -0.399 e. The molecule has 1 heterocycles. The summed E-state index contributed by atoms with van der Waals surface area (Å²) in [7, 11) is 0. The van der Waals surface area contributed by atoms with E-state index in [-0.39, 0.29) is 11.9 Å². The van der Waals surface area contributed by atoms with Crippen LogP contribution in [-0.4, -0.2) is 9.97 Å². The third-order valence-electron chi connectivity index (χ3n) is 5.25. The highest BCUT2D eigenvalue weighted by Crippen LogP contribution is 2.38. The average molecular weight is 429 g/mol. The quantitative estimate of drug-likeness (QED) is 0.548. The Morgan fingerprint density at radius 2 is 1.89 bits per heavy atom. The van der Waals surface area contributed by atoms with Gasteiger partial charge >= 0.3 is 0 Å². The molecule has 0 amide bonds. The number of nitrogens with two attached hydrogens (primary N) is 1. The summed E-state index contributed by atoms with van der Waals surface area (Å²) < 4.78 is 15.7. The van der Waals surface area contributed by atoms with Gasteiger partial charge in [-0.3, -0.25) is 0 Å². The molecule has 4 rings (SSSR count). The number of nitrogens with one attached hydrogen (secondary N) is 1. The minimum absolute atomic E-state index is 0.235. The van der Waals surface area contributed by atoms with Crippen LogP contribution in [0.15, 0.2) is 22.7 Å². The smallest absolute Gasteiger partial charge is 0.138 e. The molecule has 140 valence electrons. The molecular weight excluding hydrogens is 407 g/mol. The molecule has 1 aromatic heterocycles. The molecule has 0 spiro atoms. The third kappa shape index (κ3) is 3.16. The number of halogens is 2. The Morgan fingerprint density at radius 3 is 2.67 bits per heavy atom. The summed E-state index contributed by atoms with van der Waals surface area (Å²) in [6, 6.07) is 5.13. The second-order valence-electron chi connectivity index (χ2n) is 7.29. The number of fused-ring (bicyclic) bond motifs is 3. The molecule has 27 heavy (non-hydrogen) atoms. The van der Waals surface area contributed by atoms with Crippen molar-refractivity contribution in [3.05, 3.63) is 56.6 Å². The van der Waals surface area contributed by atoms with Gasteiger partial charge in [0.05, 0.1) is 11.6 Å². The van der Waals surface area contributed by atoms with Gasteiger partial charge in [-0.15, -0.1) is 0 Å². The first-order valence-electron chi connectivity index (χ1n) is 9.15. The number of nitrogen functional groups attached to an aromatic ring is 1. The van der Waals surface area contributed by atoms with Gasteiger partial charge in [0, 0.05) is 21.1 Å². The van der Waals surface area contributed by atoms with E-state index >= 15 is 0 Å². The Kier molecular flexibility index (Phi) is 4.54. The van der Waals surface area contributed by atoms with Crippen LogP contribution in [0.2, 0.25) is 0 Å². The van der Waals surface area contributed by atoms with Crippen molar-refractivity contribution in [2.45, 2.75) is 46.1 Å². The van der Waals surface area contributed by atoms with Crippen molar-refractivity contribution in [2.75, 3.05) is 11.1 Å². The molecule has 3 aromatic rings. The Balaban J connectivity index is 1.82. The number of aryl methyl sites for hydroxylation is 3. The van der Waals surface area contributed by atoms with Gasteiger partial charge in [0.2, 0.25) is 0 Å². The van der Waals surface area contributed by atoms with Crippen molar-refractivity contribution in [3.8, 4) is 0 Å². The lowest BCUT2D eigenvalue weighted by Gasteiger charge is -2.19. The summed E-state index contributed by atoms with van der Waals surface area (Å²) in [5, 5.41) is 4.35. The lowest BCUT2D eigenvalue weighted by Crippen LogP contribution is -2.12. The number of nitrogens with zero attached hydrogens (tertiary/aromatic N) is 2. The van der Waals surface area contributed by atoms with Crippen molar-refractivity contribution < 1.29 is 4.39 Å². The van der Waals surface area contributed by atoms with Crippen LogP contribution in [0.1, 0.15) is 47.5 Å². The van der Waals surface area contributed by atoms with Gasteiger partial charge in [-0.1, -0.05) is 15.9 Å². The summed E-state index contributed by atoms with van der Waals surface area (Å²) in [6.45, 7) is 5.54. The number of anilines is 2. The molecule has 1 aliphatic carbocycles. The molecule has 4 nitrogen and oxygen atoms in total. The molecule has 2 aromatic carbocycles. The second-order valence-corrected chi connectivity index (χ2v) is 8.15. The van der Waals surface area contributed by atoms with E-state index in [1.807, 2.05) is 13.8 Å². The molecule has 3 N–H and O–H groups in total. The Bertz CT molecular complexity index is 1060. The molecule has 1 atom stereocenters. The minimum atomic E-state index is -0.281. The van der Waals surface area contributed by atoms with Crippen LogP contribution in [-0.2, 0) is 12.8 Å². The van der Waals surface area contributed by atoms with E-state index in [1.165, 1.54) is 11.1 Å². The highest BCUT2D eigenvalue weighted by molar-refractivity contribution is 9.10. The first kappa shape index (κ1) is 18.2. The van der Waals surface area contributed by atoms with Crippen LogP contribution >= 0.6 is 15.9 Å². The maximum Gasteiger partial charge on any atom is 0.138 e. The monoisotopic (exact) mass is 428 g/mol. The number of aromatic nitrogens is 2. The first-order chi connectivity index (χ1) is 12.8. The molecule has 1 aliphatic rings. The molecule has 0 aliphatic heterocycles. The summed E-state index contributed by atoms with van der Waals surface area (Å²) >= 11 is 3.70. The van der Waals surface area contributed by atoms with Gasteiger partial charge in [0.25, 0.3) is 0 Å². The largest absolute Gasteiger partial charge is 0.399 e. The van der Waals surface area contributed by atoms with Crippen molar-refractivity contribution in [2.24, 2.45) is 0 Å².